The molecule has 0 aliphatic carbocycles. The molecule has 0 radical (unpaired) electrons. The molecule has 0 fully saturated rings. The van der Waals surface area contributed by atoms with E-state index in [-0.39, 0.29) is 5.41 Å². The maximum atomic E-state index is 6.76. The topological polar surface area (TPSA) is 15.7 Å². The van der Waals surface area contributed by atoms with Crippen LogP contribution < -0.4 is 14.5 Å². The van der Waals surface area contributed by atoms with Crippen LogP contribution in [0.15, 0.2) is 182 Å². The summed E-state index contributed by atoms with van der Waals surface area (Å²) < 4.78 is 6.76. The van der Waals surface area contributed by atoms with Gasteiger partial charge in [0.15, 0.2) is 11.5 Å². The third-order valence-electron chi connectivity index (χ3n) is 10.8. The number of benzene rings is 8. The molecule has 3 nitrogen and oxygen atoms in total. The molecule has 248 valence electrons. The number of nitrogens with zero attached hydrogens (tertiary/aromatic N) is 2. The third-order valence-corrected chi connectivity index (χ3v) is 10.8. The fourth-order valence-electron chi connectivity index (χ4n) is 8.44. The number of para-hydroxylation sites is 2. The van der Waals surface area contributed by atoms with Gasteiger partial charge in [0.1, 0.15) is 0 Å². The van der Waals surface area contributed by atoms with Crippen LogP contribution in [-0.2, 0) is 5.41 Å². The Kier molecular flexibility index (Phi) is 6.84. The Balaban J connectivity index is 1.28. The second-order valence-corrected chi connectivity index (χ2v) is 14.2. The van der Waals surface area contributed by atoms with E-state index in [4.69, 9.17) is 4.74 Å². The number of ether oxygens (including phenoxy) is 1. The van der Waals surface area contributed by atoms with Gasteiger partial charge in [0.25, 0.3) is 0 Å². The monoisotopic (exact) mass is 668 g/mol. The molecule has 0 aromatic heterocycles. The quantitative estimate of drug-likeness (QED) is 0.182. The van der Waals surface area contributed by atoms with Crippen LogP contribution >= 0.6 is 0 Å². The maximum Gasteiger partial charge on any atom is 0.152 e. The van der Waals surface area contributed by atoms with E-state index in [9.17, 15) is 0 Å². The van der Waals surface area contributed by atoms with Crippen LogP contribution in [0.1, 0.15) is 25.0 Å². The van der Waals surface area contributed by atoms with Crippen LogP contribution in [-0.4, -0.2) is 0 Å². The first-order valence-electron chi connectivity index (χ1n) is 17.9. The van der Waals surface area contributed by atoms with E-state index in [1.165, 1.54) is 33.0 Å². The van der Waals surface area contributed by atoms with Crippen molar-refractivity contribution in [3.8, 4) is 33.8 Å². The minimum Gasteiger partial charge on any atom is -0.453 e. The van der Waals surface area contributed by atoms with E-state index in [2.05, 4.69) is 206 Å². The smallest absolute Gasteiger partial charge is 0.152 e. The van der Waals surface area contributed by atoms with Crippen molar-refractivity contribution in [2.75, 3.05) is 9.80 Å². The molecular weight excluding hydrogens is 633 g/mol. The minimum absolute atomic E-state index is 0.379. The summed E-state index contributed by atoms with van der Waals surface area (Å²) in [6, 6.07) is 65.4. The Bertz CT molecular complexity index is 2640. The summed E-state index contributed by atoms with van der Waals surface area (Å²) in [5.74, 6) is 1.73. The summed E-state index contributed by atoms with van der Waals surface area (Å²) in [5, 5.41) is 2.41. The summed E-state index contributed by atoms with van der Waals surface area (Å²) in [7, 11) is 0. The van der Waals surface area contributed by atoms with E-state index < -0.39 is 0 Å². The average Bonchev–Trinajstić information content (AvgIpc) is 3.20. The summed E-state index contributed by atoms with van der Waals surface area (Å²) >= 11 is 0. The number of hydrogen-bond donors (Lipinski definition) is 0. The van der Waals surface area contributed by atoms with Crippen molar-refractivity contribution in [3.63, 3.8) is 0 Å². The van der Waals surface area contributed by atoms with Crippen LogP contribution in [0.2, 0.25) is 0 Å². The number of anilines is 6. The van der Waals surface area contributed by atoms with Crippen LogP contribution in [0.3, 0.4) is 0 Å². The Morgan fingerprint density at radius 1 is 0.500 bits per heavy atom. The van der Waals surface area contributed by atoms with Crippen molar-refractivity contribution in [2.45, 2.75) is 19.3 Å². The van der Waals surface area contributed by atoms with E-state index in [1.807, 2.05) is 0 Å². The largest absolute Gasteiger partial charge is 0.453 e. The highest BCUT2D eigenvalue weighted by Gasteiger charge is 2.44. The molecule has 2 aliphatic heterocycles. The van der Waals surface area contributed by atoms with Gasteiger partial charge in [-0.1, -0.05) is 153 Å². The van der Waals surface area contributed by atoms with Gasteiger partial charge in [0.05, 0.1) is 28.4 Å². The summed E-state index contributed by atoms with van der Waals surface area (Å²) in [4.78, 5) is 4.95. The highest BCUT2D eigenvalue weighted by Crippen LogP contribution is 2.63. The van der Waals surface area contributed by atoms with Crippen LogP contribution in [0.25, 0.3) is 33.0 Å². The zero-order valence-corrected chi connectivity index (χ0v) is 29.1. The van der Waals surface area contributed by atoms with E-state index in [1.54, 1.807) is 0 Å². The molecule has 0 spiro atoms. The first kappa shape index (κ1) is 30.3. The molecule has 8 aromatic carbocycles. The molecule has 0 bridgehead atoms. The van der Waals surface area contributed by atoms with Gasteiger partial charge >= 0.3 is 0 Å². The first-order valence-corrected chi connectivity index (χ1v) is 17.9. The standard InChI is InChI=1S/C49H36N2O/c1-49(2)40-26-14-31-45-48(40)51(47-39(25-13-30-44(47)52-45)35-18-7-4-8-19-35)43-29-15-28-42(46(43)49)50(41-27-12-21-34-20-9-10-24-38(34)41)37-23-11-22-36(32-37)33-16-5-3-6-17-33/h3-32H,1-2H3. The average molecular weight is 669 g/mol. The summed E-state index contributed by atoms with van der Waals surface area (Å²) in [6.07, 6.45) is 0. The van der Waals surface area contributed by atoms with Crippen LogP contribution in [0.4, 0.5) is 34.1 Å². The fourth-order valence-corrected chi connectivity index (χ4v) is 8.44. The van der Waals surface area contributed by atoms with Crippen molar-refractivity contribution in [2.24, 2.45) is 0 Å². The molecule has 3 heteroatoms. The molecule has 8 aromatic rings. The van der Waals surface area contributed by atoms with Gasteiger partial charge in [-0.25, -0.2) is 0 Å². The molecule has 0 atom stereocenters. The molecule has 0 N–H and O–H groups in total. The number of rotatable bonds is 5. The Morgan fingerprint density at radius 3 is 1.94 bits per heavy atom. The number of fused-ring (bicyclic) bond motifs is 5. The van der Waals surface area contributed by atoms with Gasteiger partial charge in [-0.3, -0.25) is 0 Å². The molecule has 0 saturated heterocycles. The normalized spacial score (nSPS) is 13.5. The molecule has 0 unspecified atom stereocenters. The number of hydrogen-bond acceptors (Lipinski definition) is 3. The molecule has 10 rings (SSSR count). The van der Waals surface area contributed by atoms with Crippen molar-refractivity contribution in [1.29, 1.82) is 0 Å². The molecule has 2 heterocycles. The molecule has 0 amide bonds. The maximum absolute atomic E-state index is 6.76. The lowest BCUT2D eigenvalue weighted by molar-refractivity contribution is 0.471. The molecule has 2 aliphatic rings. The van der Waals surface area contributed by atoms with Gasteiger partial charge in [-0.05, 0) is 70.1 Å². The van der Waals surface area contributed by atoms with Gasteiger partial charge in [0, 0.05) is 27.6 Å². The van der Waals surface area contributed by atoms with Gasteiger partial charge < -0.3 is 14.5 Å². The van der Waals surface area contributed by atoms with E-state index in [0.29, 0.717) is 0 Å². The molecule has 52 heavy (non-hydrogen) atoms. The molecular formula is C49H36N2O. The van der Waals surface area contributed by atoms with Crippen molar-refractivity contribution >= 4 is 44.9 Å². The van der Waals surface area contributed by atoms with Crippen molar-refractivity contribution in [1.82, 2.24) is 0 Å². The minimum atomic E-state index is -0.379. The SMILES string of the molecule is CC1(C)c2cccc3c2N(c2cccc(N(c4cccc(-c5ccccc5)c4)c4cccc5ccccc45)c21)c1c(cccc1-c1ccccc1)O3. The zero-order chi connectivity index (χ0) is 34.8. The Hall–Kier alpha value is -6.58. The lowest BCUT2D eigenvalue weighted by Crippen LogP contribution is -2.34. The van der Waals surface area contributed by atoms with Gasteiger partial charge in [-0.15, -0.1) is 0 Å². The highest BCUT2D eigenvalue weighted by molar-refractivity contribution is 6.04. The second kappa shape index (κ2) is 11.8. The van der Waals surface area contributed by atoms with E-state index >= 15 is 0 Å². The van der Waals surface area contributed by atoms with Crippen molar-refractivity contribution in [3.05, 3.63) is 193 Å². The Morgan fingerprint density at radius 2 is 1.12 bits per heavy atom. The van der Waals surface area contributed by atoms with Crippen molar-refractivity contribution < 1.29 is 4.74 Å². The predicted octanol–water partition coefficient (Wildman–Crippen LogP) is 13.9. The zero-order valence-electron chi connectivity index (χ0n) is 29.1. The summed E-state index contributed by atoms with van der Waals surface area (Å²) in [6.45, 7) is 4.73. The lowest BCUT2D eigenvalue weighted by atomic mass is 9.72. The lowest BCUT2D eigenvalue weighted by Gasteiger charge is -2.47. The summed E-state index contributed by atoms with van der Waals surface area (Å²) in [5.41, 5.74) is 13.5. The third kappa shape index (κ3) is 4.59. The predicted molar refractivity (Wildman–Crippen MR) is 216 cm³/mol. The fraction of sp³-hybridized carbons (Fsp3) is 0.0612. The molecule has 0 saturated carbocycles. The van der Waals surface area contributed by atoms with E-state index in [0.717, 1.165) is 56.8 Å². The van der Waals surface area contributed by atoms with Gasteiger partial charge in [-0.2, -0.15) is 0 Å². The van der Waals surface area contributed by atoms with Crippen LogP contribution in [0.5, 0.6) is 11.5 Å². The highest BCUT2D eigenvalue weighted by atomic mass is 16.5. The van der Waals surface area contributed by atoms with Crippen LogP contribution in [0, 0.1) is 0 Å². The van der Waals surface area contributed by atoms with Gasteiger partial charge in [0.2, 0.25) is 0 Å². The first-order chi connectivity index (χ1) is 25.6. The second-order valence-electron chi connectivity index (χ2n) is 14.2. The Labute approximate surface area is 304 Å².